The molecule has 1 heterocycles. The molecule has 0 amide bonds. The molecule has 0 radical (unpaired) electrons. The molecule has 40 heavy (non-hydrogen) atoms. The average molecular weight is 641 g/mol. The van der Waals surface area contributed by atoms with Gasteiger partial charge in [0.2, 0.25) is 0 Å². The Morgan fingerprint density at radius 1 is 0.375 bits per heavy atom. The molecule has 0 N–H and O–H groups in total. The molecule has 0 atom stereocenters. The van der Waals surface area contributed by atoms with Crippen LogP contribution in [0.2, 0.25) is 22.2 Å². The van der Waals surface area contributed by atoms with Crippen LogP contribution in [0.3, 0.4) is 0 Å². The van der Waals surface area contributed by atoms with Crippen LogP contribution in [0.5, 0.6) is 0 Å². The van der Waals surface area contributed by atoms with E-state index in [-0.39, 0.29) is 22.2 Å². The summed E-state index contributed by atoms with van der Waals surface area (Å²) < 4.78 is 55.5. The lowest BCUT2D eigenvalue weighted by molar-refractivity contribution is 0.0765. The van der Waals surface area contributed by atoms with E-state index in [1.165, 1.54) is 0 Å². The van der Waals surface area contributed by atoms with Gasteiger partial charge in [-0.15, -0.1) is 0 Å². The van der Waals surface area contributed by atoms with Gasteiger partial charge in [0.05, 0.1) is 24.9 Å². The average Bonchev–Trinajstić information content (AvgIpc) is 2.87. The van der Waals surface area contributed by atoms with Gasteiger partial charge < -0.3 is 35.4 Å². The predicted octanol–water partition coefficient (Wildman–Crippen LogP) is 7.34. The van der Waals surface area contributed by atoms with Crippen LogP contribution in [0.15, 0.2) is 0 Å². The van der Waals surface area contributed by atoms with Crippen LogP contribution in [0.1, 0.15) is 109 Å². The first-order chi connectivity index (χ1) is 18.8. The normalized spacial score (nSPS) is 30.0. The van der Waals surface area contributed by atoms with E-state index in [1.807, 2.05) is 0 Å². The molecule has 240 valence electrons. The number of ether oxygens (including phenoxy) is 4. The van der Waals surface area contributed by atoms with Crippen molar-refractivity contribution < 1.29 is 35.4 Å². The quantitative estimate of drug-likeness (QED) is 0.101. The van der Waals surface area contributed by atoms with E-state index >= 15 is 0 Å². The zero-order valence-corrected chi connectivity index (χ0v) is 32.1. The van der Waals surface area contributed by atoms with Gasteiger partial charge in [-0.3, -0.25) is 0 Å². The molecule has 0 unspecified atom stereocenters. The van der Waals surface area contributed by atoms with Crippen LogP contribution < -0.4 is 0 Å². The molecule has 0 aromatic rings. The molecule has 0 aliphatic carbocycles. The Morgan fingerprint density at radius 2 is 0.550 bits per heavy atom. The maximum absolute atomic E-state index is 7.57. The molecule has 1 aliphatic rings. The topological polar surface area (TPSA) is 73.8 Å². The van der Waals surface area contributed by atoms with Crippen molar-refractivity contribution in [1.29, 1.82) is 0 Å². The molecule has 0 bridgehead atoms. The minimum absolute atomic E-state index is 0.120. The van der Waals surface area contributed by atoms with E-state index in [0.29, 0.717) is 51.3 Å². The third kappa shape index (κ3) is 10.3. The summed E-state index contributed by atoms with van der Waals surface area (Å²) >= 11 is 0. The van der Waals surface area contributed by atoms with Crippen molar-refractivity contribution in [3.63, 3.8) is 0 Å². The molecule has 8 nitrogen and oxygen atoms in total. The highest BCUT2D eigenvalue weighted by Crippen LogP contribution is 2.45. The second kappa shape index (κ2) is 18.4. The summed E-state index contributed by atoms with van der Waals surface area (Å²) in [5.41, 5.74) is 0.480. The largest absolute Gasteiger partial charge is 0.412 e. The highest BCUT2D eigenvalue weighted by molar-refractivity contribution is 6.96. The molecule has 0 aromatic carbocycles. The summed E-state index contributed by atoms with van der Waals surface area (Å²) in [6.07, 6.45) is 5.52. The van der Waals surface area contributed by atoms with Gasteiger partial charge in [-0.2, -0.15) is 0 Å². The van der Waals surface area contributed by atoms with E-state index in [9.17, 15) is 0 Å². The molecule has 1 saturated heterocycles. The zero-order valence-electron chi connectivity index (χ0n) is 28.1. The Hall–Kier alpha value is 0.548. The van der Waals surface area contributed by atoms with E-state index in [2.05, 4.69) is 83.1 Å². The fraction of sp³-hybridized carbons (Fsp3) is 1.00. The SMILES string of the molecule is CCCOC[Si]1(C(C)C)O[Si](COCCC)(C(C)C)O[Si](COCCC)(C(C)C)O[Si](COCCC)(C(C)C)O1. The van der Waals surface area contributed by atoms with Crippen molar-refractivity contribution in [1.82, 2.24) is 0 Å². The first-order valence-corrected chi connectivity index (χ1v) is 24.4. The van der Waals surface area contributed by atoms with Crippen LogP contribution in [-0.2, 0) is 35.4 Å². The smallest absolute Gasteiger partial charge is 0.350 e. The molecule has 0 aromatic heterocycles. The number of hydrogen-bond donors (Lipinski definition) is 0. The first kappa shape index (κ1) is 38.6. The maximum atomic E-state index is 7.57. The standard InChI is InChI=1S/C28H64O8Si4/c1-13-17-29-21-37(25(5)6)33-38(26(7)8,22-30-18-14-2)35-40(28(11)12,24-32-20-16-4)36-39(34-37,27(9)10)23-31-19-15-3/h25-28H,13-24H2,1-12H3. The summed E-state index contributed by atoms with van der Waals surface area (Å²) in [6.45, 7) is 28.8. The Kier molecular flexibility index (Phi) is 17.7. The van der Waals surface area contributed by atoms with Crippen LogP contribution >= 0.6 is 0 Å². The van der Waals surface area contributed by atoms with Gasteiger partial charge in [0, 0.05) is 26.4 Å². The monoisotopic (exact) mass is 640 g/mol. The summed E-state index contributed by atoms with van der Waals surface area (Å²) in [7, 11) is -12.2. The third-order valence-corrected chi connectivity index (χ3v) is 28.0. The molecule has 0 saturated carbocycles. The Morgan fingerprint density at radius 3 is 0.675 bits per heavy atom. The van der Waals surface area contributed by atoms with Crippen molar-refractivity contribution in [2.75, 3.05) is 51.3 Å². The van der Waals surface area contributed by atoms with Crippen molar-refractivity contribution in [2.24, 2.45) is 0 Å². The minimum atomic E-state index is -3.06. The Labute approximate surface area is 251 Å². The van der Waals surface area contributed by atoms with E-state index in [0.717, 1.165) is 25.7 Å². The highest BCUT2D eigenvalue weighted by Gasteiger charge is 2.66. The van der Waals surface area contributed by atoms with Crippen LogP contribution in [0, 0.1) is 0 Å². The van der Waals surface area contributed by atoms with Crippen molar-refractivity contribution in [3.05, 3.63) is 0 Å². The second-order valence-corrected chi connectivity index (χ2v) is 28.0. The van der Waals surface area contributed by atoms with Gasteiger partial charge >= 0.3 is 34.2 Å². The van der Waals surface area contributed by atoms with Crippen molar-refractivity contribution >= 4 is 34.2 Å². The fourth-order valence-electron chi connectivity index (χ4n) is 4.53. The summed E-state index contributed by atoms with van der Waals surface area (Å²) in [6, 6.07) is 0. The van der Waals surface area contributed by atoms with Crippen LogP contribution in [0.4, 0.5) is 0 Å². The number of hydrogen-bond acceptors (Lipinski definition) is 8. The maximum Gasteiger partial charge on any atom is 0.350 e. The molecule has 0 spiro atoms. The highest BCUT2D eigenvalue weighted by atomic mass is 28.5. The predicted molar refractivity (Wildman–Crippen MR) is 172 cm³/mol. The van der Waals surface area contributed by atoms with Gasteiger partial charge in [0.15, 0.2) is 0 Å². The summed E-state index contributed by atoms with van der Waals surface area (Å²) in [5.74, 6) is 0. The number of rotatable bonds is 20. The Bertz CT molecular complexity index is 561. The van der Waals surface area contributed by atoms with E-state index in [4.69, 9.17) is 35.4 Å². The first-order valence-electron chi connectivity index (χ1n) is 16.0. The Balaban J connectivity index is 3.94. The van der Waals surface area contributed by atoms with Crippen molar-refractivity contribution in [3.8, 4) is 0 Å². The van der Waals surface area contributed by atoms with Crippen LogP contribution in [0.25, 0.3) is 0 Å². The van der Waals surface area contributed by atoms with Gasteiger partial charge in [-0.25, -0.2) is 0 Å². The van der Waals surface area contributed by atoms with Crippen molar-refractivity contribution in [2.45, 2.75) is 131 Å². The molecule has 1 aliphatic heterocycles. The molecular weight excluding hydrogens is 577 g/mol. The lowest BCUT2D eigenvalue weighted by Crippen LogP contribution is -2.77. The minimum Gasteiger partial charge on any atom is -0.412 e. The lowest BCUT2D eigenvalue weighted by Gasteiger charge is -2.56. The van der Waals surface area contributed by atoms with E-state index in [1.54, 1.807) is 0 Å². The molecule has 12 heteroatoms. The zero-order chi connectivity index (χ0) is 30.5. The summed E-state index contributed by atoms with van der Waals surface area (Å²) in [4.78, 5) is 0. The van der Waals surface area contributed by atoms with Gasteiger partial charge in [0.25, 0.3) is 0 Å². The fourth-order valence-corrected chi connectivity index (χ4v) is 28.5. The summed E-state index contributed by atoms with van der Waals surface area (Å²) in [5, 5.41) is 0. The van der Waals surface area contributed by atoms with Gasteiger partial charge in [-0.1, -0.05) is 83.1 Å². The van der Waals surface area contributed by atoms with Crippen LogP contribution in [-0.4, -0.2) is 85.6 Å². The lowest BCUT2D eigenvalue weighted by atomic mass is 10.5. The van der Waals surface area contributed by atoms with Gasteiger partial charge in [0.1, 0.15) is 0 Å². The molecule has 1 rings (SSSR count). The van der Waals surface area contributed by atoms with E-state index < -0.39 is 34.2 Å². The third-order valence-electron chi connectivity index (χ3n) is 7.51. The molecular formula is C28H64O8Si4. The van der Waals surface area contributed by atoms with Gasteiger partial charge in [-0.05, 0) is 47.8 Å². The molecule has 1 fully saturated rings. The second-order valence-electron chi connectivity index (χ2n) is 12.5.